The van der Waals surface area contributed by atoms with E-state index in [0.717, 1.165) is 24.8 Å². The third-order valence-corrected chi connectivity index (χ3v) is 4.26. The van der Waals surface area contributed by atoms with E-state index in [1.165, 1.54) is 0 Å². The van der Waals surface area contributed by atoms with Crippen molar-refractivity contribution in [2.24, 2.45) is 11.8 Å². The van der Waals surface area contributed by atoms with Gasteiger partial charge in [0.1, 0.15) is 0 Å². The predicted molar refractivity (Wildman–Crippen MR) is 76.4 cm³/mol. The molecule has 2 unspecified atom stereocenters. The molecule has 0 saturated heterocycles. The smallest absolute Gasteiger partial charge is 0.252 e. The van der Waals surface area contributed by atoms with Crippen molar-refractivity contribution in [1.82, 2.24) is 5.32 Å². The molecule has 2 N–H and O–H groups in total. The molecule has 3 nitrogen and oxygen atoms in total. The third-order valence-electron chi connectivity index (χ3n) is 3.95. The number of aliphatic hydroxyl groups excluding tert-OH is 1. The third kappa shape index (κ3) is 3.48. The summed E-state index contributed by atoms with van der Waals surface area (Å²) in [6.07, 6.45) is 3.27. The van der Waals surface area contributed by atoms with E-state index in [4.69, 9.17) is 11.6 Å². The van der Waals surface area contributed by atoms with Gasteiger partial charge < -0.3 is 10.4 Å². The highest BCUT2D eigenvalue weighted by molar-refractivity contribution is 6.33. The van der Waals surface area contributed by atoms with Gasteiger partial charge in [-0.05, 0) is 49.3 Å². The second-order valence-electron chi connectivity index (χ2n) is 5.33. The number of nitrogens with one attached hydrogen (secondary N) is 1. The minimum atomic E-state index is -0.131. The fourth-order valence-electron chi connectivity index (χ4n) is 2.75. The first-order chi connectivity index (χ1) is 9.11. The molecule has 0 aliphatic heterocycles. The van der Waals surface area contributed by atoms with Crippen LogP contribution in [0.25, 0.3) is 0 Å². The Labute approximate surface area is 119 Å². The van der Waals surface area contributed by atoms with Crippen LogP contribution in [-0.2, 0) is 0 Å². The van der Waals surface area contributed by atoms with E-state index in [1.54, 1.807) is 12.1 Å². The molecule has 19 heavy (non-hydrogen) atoms. The molecule has 4 heteroatoms. The molecule has 2 atom stereocenters. The molecule has 0 heterocycles. The maximum Gasteiger partial charge on any atom is 0.252 e. The molecule has 0 spiro atoms. The molecule has 1 aliphatic rings. The molecular weight excluding hydrogens is 262 g/mol. The molecule has 104 valence electrons. The van der Waals surface area contributed by atoms with Gasteiger partial charge in [0.15, 0.2) is 0 Å². The van der Waals surface area contributed by atoms with Crippen LogP contribution in [0.5, 0.6) is 0 Å². The molecule has 1 fully saturated rings. The van der Waals surface area contributed by atoms with Crippen LogP contribution in [0.15, 0.2) is 18.2 Å². The number of hydrogen-bond donors (Lipinski definition) is 2. The minimum absolute atomic E-state index is 0.131. The Morgan fingerprint density at radius 2 is 2.16 bits per heavy atom. The molecule has 0 radical (unpaired) electrons. The van der Waals surface area contributed by atoms with E-state index >= 15 is 0 Å². The van der Waals surface area contributed by atoms with Gasteiger partial charge in [0.05, 0.1) is 10.6 Å². The molecular formula is C15H20ClNO2. The predicted octanol–water partition coefficient (Wildman–Crippen LogP) is 2.79. The first-order valence-corrected chi connectivity index (χ1v) is 7.15. The fraction of sp³-hybridized carbons (Fsp3) is 0.533. The van der Waals surface area contributed by atoms with Crippen molar-refractivity contribution >= 4 is 17.5 Å². The Morgan fingerprint density at radius 1 is 1.42 bits per heavy atom. The Balaban J connectivity index is 1.94. The van der Waals surface area contributed by atoms with Gasteiger partial charge in [-0.3, -0.25) is 4.79 Å². The first-order valence-electron chi connectivity index (χ1n) is 6.77. The number of rotatable bonds is 4. The SMILES string of the molecule is Cc1ccc(C(=O)NCC2CCCC2CO)c(Cl)c1. The van der Waals surface area contributed by atoms with E-state index in [-0.39, 0.29) is 12.5 Å². The van der Waals surface area contributed by atoms with Gasteiger partial charge in [-0.15, -0.1) is 0 Å². The number of halogens is 1. The maximum absolute atomic E-state index is 12.1. The van der Waals surface area contributed by atoms with Crippen molar-refractivity contribution in [2.75, 3.05) is 13.2 Å². The Hall–Kier alpha value is -1.06. The fourth-order valence-corrected chi connectivity index (χ4v) is 3.07. The number of aryl methyl sites for hydroxylation is 1. The largest absolute Gasteiger partial charge is 0.396 e. The lowest BCUT2D eigenvalue weighted by Crippen LogP contribution is -2.31. The van der Waals surface area contributed by atoms with Gasteiger partial charge in [0.25, 0.3) is 5.91 Å². The Bertz CT molecular complexity index is 461. The average molecular weight is 282 g/mol. The number of aliphatic hydroxyl groups is 1. The number of amides is 1. The summed E-state index contributed by atoms with van der Waals surface area (Å²) in [4.78, 5) is 12.1. The zero-order valence-electron chi connectivity index (χ0n) is 11.2. The lowest BCUT2D eigenvalue weighted by molar-refractivity contribution is 0.0938. The van der Waals surface area contributed by atoms with Crippen LogP contribution in [0.3, 0.4) is 0 Å². The minimum Gasteiger partial charge on any atom is -0.396 e. The number of hydrogen-bond acceptors (Lipinski definition) is 2. The summed E-state index contributed by atoms with van der Waals surface area (Å²) >= 11 is 6.07. The van der Waals surface area contributed by atoms with Gasteiger partial charge >= 0.3 is 0 Å². The van der Waals surface area contributed by atoms with Crippen molar-refractivity contribution in [3.8, 4) is 0 Å². The van der Waals surface area contributed by atoms with Crippen molar-refractivity contribution in [3.05, 3.63) is 34.3 Å². The number of carbonyl (C=O) groups excluding carboxylic acids is 1. The highest BCUT2D eigenvalue weighted by atomic mass is 35.5. The van der Waals surface area contributed by atoms with Gasteiger partial charge in [-0.2, -0.15) is 0 Å². The quantitative estimate of drug-likeness (QED) is 0.892. The van der Waals surface area contributed by atoms with E-state index in [1.807, 2.05) is 13.0 Å². The highest BCUT2D eigenvalue weighted by Gasteiger charge is 2.26. The molecule has 0 bridgehead atoms. The summed E-state index contributed by atoms with van der Waals surface area (Å²) < 4.78 is 0. The summed E-state index contributed by atoms with van der Waals surface area (Å²) in [6.45, 7) is 2.78. The zero-order valence-corrected chi connectivity index (χ0v) is 11.9. The van der Waals surface area contributed by atoms with Crippen LogP contribution in [0, 0.1) is 18.8 Å². The van der Waals surface area contributed by atoms with Crippen molar-refractivity contribution in [3.63, 3.8) is 0 Å². The van der Waals surface area contributed by atoms with Crippen molar-refractivity contribution in [2.45, 2.75) is 26.2 Å². The Kier molecular flexibility index (Phi) is 4.83. The van der Waals surface area contributed by atoms with Gasteiger partial charge in [-0.1, -0.05) is 24.1 Å². The molecule has 1 aromatic rings. The van der Waals surface area contributed by atoms with Crippen LogP contribution in [0.4, 0.5) is 0 Å². The first kappa shape index (κ1) is 14.4. The van der Waals surface area contributed by atoms with Crippen LogP contribution in [0.1, 0.15) is 35.2 Å². The summed E-state index contributed by atoms with van der Waals surface area (Å²) in [5.74, 6) is 0.584. The van der Waals surface area contributed by atoms with E-state index in [0.29, 0.717) is 29.0 Å². The summed E-state index contributed by atoms with van der Waals surface area (Å²) in [5.41, 5.74) is 1.56. The molecule has 1 aliphatic carbocycles. The standard InChI is InChI=1S/C15H20ClNO2/c1-10-5-6-13(14(16)7-10)15(19)17-8-11-3-2-4-12(11)9-18/h5-7,11-12,18H,2-4,8-9H2,1H3,(H,17,19). The zero-order chi connectivity index (χ0) is 13.8. The van der Waals surface area contributed by atoms with Crippen LogP contribution >= 0.6 is 11.6 Å². The number of carbonyl (C=O) groups is 1. The second-order valence-corrected chi connectivity index (χ2v) is 5.73. The van der Waals surface area contributed by atoms with Crippen LogP contribution < -0.4 is 5.32 Å². The van der Waals surface area contributed by atoms with Crippen LogP contribution in [-0.4, -0.2) is 24.2 Å². The lowest BCUT2D eigenvalue weighted by atomic mass is 9.97. The molecule has 2 rings (SSSR count). The number of benzene rings is 1. The molecule has 1 amide bonds. The summed E-state index contributed by atoms with van der Waals surface area (Å²) in [5, 5.41) is 12.7. The summed E-state index contributed by atoms with van der Waals surface area (Å²) in [7, 11) is 0. The highest BCUT2D eigenvalue weighted by Crippen LogP contribution is 2.30. The average Bonchev–Trinajstić information content (AvgIpc) is 2.83. The van der Waals surface area contributed by atoms with Gasteiger partial charge in [0.2, 0.25) is 0 Å². The van der Waals surface area contributed by atoms with Crippen molar-refractivity contribution < 1.29 is 9.90 Å². The topological polar surface area (TPSA) is 49.3 Å². The summed E-state index contributed by atoms with van der Waals surface area (Å²) in [6, 6.07) is 5.43. The Morgan fingerprint density at radius 3 is 2.84 bits per heavy atom. The molecule has 1 saturated carbocycles. The van der Waals surface area contributed by atoms with E-state index in [9.17, 15) is 9.90 Å². The van der Waals surface area contributed by atoms with Crippen molar-refractivity contribution in [1.29, 1.82) is 0 Å². The normalized spacial score (nSPS) is 22.5. The van der Waals surface area contributed by atoms with E-state index < -0.39 is 0 Å². The monoisotopic (exact) mass is 281 g/mol. The maximum atomic E-state index is 12.1. The lowest BCUT2D eigenvalue weighted by Gasteiger charge is -2.18. The molecule has 0 aromatic heterocycles. The van der Waals surface area contributed by atoms with E-state index in [2.05, 4.69) is 5.32 Å². The molecule has 1 aromatic carbocycles. The van der Waals surface area contributed by atoms with Gasteiger partial charge in [0, 0.05) is 13.2 Å². The van der Waals surface area contributed by atoms with Crippen LogP contribution in [0.2, 0.25) is 5.02 Å². The second kappa shape index (κ2) is 6.40. The van der Waals surface area contributed by atoms with Gasteiger partial charge in [-0.25, -0.2) is 0 Å².